The summed E-state index contributed by atoms with van der Waals surface area (Å²) in [7, 11) is 0. The fraction of sp³-hybridized carbons (Fsp3) is 0.308. The van der Waals surface area contributed by atoms with Crippen LogP contribution in [-0.4, -0.2) is 45.8 Å². The lowest BCUT2D eigenvalue weighted by atomic mass is 10.2. The van der Waals surface area contributed by atoms with E-state index >= 15 is 0 Å². The number of nitrogens with one attached hydrogen (secondary N) is 1. The minimum atomic E-state index is -0.360. The first-order valence-corrected chi connectivity index (χ1v) is 7.47. The monoisotopic (exact) mass is 350 g/mol. The van der Waals surface area contributed by atoms with Gasteiger partial charge in [-0.05, 0) is 12.1 Å². The van der Waals surface area contributed by atoms with Crippen molar-refractivity contribution in [2.45, 2.75) is 0 Å². The van der Waals surface area contributed by atoms with Gasteiger partial charge in [-0.2, -0.15) is 9.61 Å². The molecule has 1 aliphatic heterocycles. The molecule has 1 saturated heterocycles. The highest BCUT2D eigenvalue weighted by Gasteiger charge is 2.19. The summed E-state index contributed by atoms with van der Waals surface area (Å²) in [6.07, 6.45) is 1.47. The molecule has 1 N–H and O–H groups in total. The second-order valence-corrected chi connectivity index (χ2v) is 5.84. The van der Waals surface area contributed by atoms with Gasteiger partial charge in [0.2, 0.25) is 5.95 Å². The predicted octanol–water partition coefficient (Wildman–Crippen LogP) is 1.59. The Labute approximate surface area is 128 Å². The third kappa shape index (κ3) is 2.06. The molecule has 1 aliphatic rings. The number of fused-ring (bicyclic) bond motifs is 3. The van der Waals surface area contributed by atoms with E-state index in [1.165, 1.54) is 12.4 Å². The quantitative estimate of drug-likeness (QED) is 0.722. The summed E-state index contributed by atoms with van der Waals surface area (Å²) >= 11 is 3.31. The van der Waals surface area contributed by atoms with Crippen molar-refractivity contribution in [2.75, 3.05) is 31.1 Å². The van der Waals surface area contributed by atoms with Crippen LogP contribution in [0.3, 0.4) is 0 Å². The van der Waals surface area contributed by atoms with Gasteiger partial charge < -0.3 is 10.2 Å². The van der Waals surface area contributed by atoms with Gasteiger partial charge >= 0.3 is 0 Å². The molecular formula is C13H12BrFN6. The molecule has 2 aromatic heterocycles. The second-order valence-electron chi connectivity index (χ2n) is 4.93. The molecule has 0 saturated carbocycles. The molecule has 0 amide bonds. The first-order chi connectivity index (χ1) is 10.2. The number of aromatic nitrogens is 4. The second kappa shape index (κ2) is 4.88. The Hall–Kier alpha value is -1.80. The molecule has 3 heterocycles. The van der Waals surface area contributed by atoms with Crippen molar-refractivity contribution in [1.82, 2.24) is 24.9 Å². The molecule has 4 rings (SSSR count). The van der Waals surface area contributed by atoms with E-state index in [-0.39, 0.29) is 5.82 Å². The van der Waals surface area contributed by atoms with E-state index in [2.05, 4.69) is 41.2 Å². The summed E-state index contributed by atoms with van der Waals surface area (Å²) < 4.78 is 16.6. The number of rotatable bonds is 1. The van der Waals surface area contributed by atoms with Crippen LogP contribution in [0.2, 0.25) is 0 Å². The van der Waals surface area contributed by atoms with Gasteiger partial charge in [-0.15, -0.1) is 0 Å². The molecule has 0 unspecified atom stereocenters. The zero-order chi connectivity index (χ0) is 14.4. The summed E-state index contributed by atoms with van der Waals surface area (Å²) in [5, 5.41) is 8.19. The van der Waals surface area contributed by atoms with Crippen molar-refractivity contribution < 1.29 is 4.39 Å². The van der Waals surface area contributed by atoms with E-state index in [1.807, 2.05) is 6.07 Å². The van der Waals surface area contributed by atoms with Crippen LogP contribution in [0.15, 0.2) is 22.9 Å². The number of nitrogens with zero attached hydrogens (tertiary/aromatic N) is 5. The summed E-state index contributed by atoms with van der Waals surface area (Å²) in [5.41, 5.74) is 0.945. The zero-order valence-electron chi connectivity index (χ0n) is 11.1. The molecule has 0 bridgehead atoms. The fourth-order valence-electron chi connectivity index (χ4n) is 2.64. The molecule has 0 aliphatic carbocycles. The SMILES string of the molecule is Fc1cc(Br)cc2c1nc(N1CCNCC1)n1ncnc21. The zero-order valence-corrected chi connectivity index (χ0v) is 12.6. The molecule has 1 fully saturated rings. The van der Waals surface area contributed by atoms with Crippen molar-refractivity contribution in [3.8, 4) is 0 Å². The van der Waals surface area contributed by atoms with Crippen LogP contribution in [0.25, 0.3) is 16.6 Å². The van der Waals surface area contributed by atoms with Crippen molar-refractivity contribution in [3.63, 3.8) is 0 Å². The molecule has 21 heavy (non-hydrogen) atoms. The number of hydrogen-bond acceptors (Lipinski definition) is 5. The summed E-state index contributed by atoms with van der Waals surface area (Å²) in [5.74, 6) is 0.277. The van der Waals surface area contributed by atoms with Crippen LogP contribution in [-0.2, 0) is 0 Å². The smallest absolute Gasteiger partial charge is 0.229 e. The number of piperazine rings is 1. The maximum Gasteiger partial charge on any atom is 0.229 e. The van der Waals surface area contributed by atoms with Gasteiger partial charge in [-0.3, -0.25) is 0 Å². The first kappa shape index (κ1) is 12.9. The number of halogens is 2. The van der Waals surface area contributed by atoms with E-state index in [1.54, 1.807) is 4.52 Å². The van der Waals surface area contributed by atoms with Crippen molar-refractivity contribution in [2.24, 2.45) is 0 Å². The molecule has 8 heteroatoms. The highest BCUT2D eigenvalue weighted by molar-refractivity contribution is 9.10. The average Bonchev–Trinajstić information content (AvgIpc) is 2.97. The lowest BCUT2D eigenvalue weighted by molar-refractivity contribution is 0.574. The molecule has 108 valence electrons. The predicted molar refractivity (Wildman–Crippen MR) is 81.0 cm³/mol. The van der Waals surface area contributed by atoms with Crippen LogP contribution in [0.5, 0.6) is 0 Å². The number of hydrogen-bond donors (Lipinski definition) is 1. The first-order valence-electron chi connectivity index (χ1n) is 6.68. The Morgan fingerprint density at radius 3 is 2.86 bits per heavy atom. The van der Waals surface area contributed by atoms with Crippen LogP contribution in [0.4, 0.5) is 10.3 Å². The lowest BCUT2D eigenvalue weighted by Crippen LogP contribution is -2.44. The summed E-state index contributed by atoms with van der Waals surface area (Å²) in [6, 6.07) is 3.24. The van der Waals surface area contributed by atoms with Gasteiger partial charge in [-0.25, -0.2) is 14.4 Å². The molecule has 0 spiro atoms. The Balaban J connectivity index is 2.03. The van der Waals surface area contributed by atoms with Crippen molar-refractivity contribution in [3.05, 3.63) is 28.7 Å². The normalized spacial score (nSPS) is 16.0. The van der Waals surface area contributed by atoms with Crippen LogP contribution >= 0.6 is 15.9 Å². The Morgan fingerprint density at radius 2 is 2.05 bits per heavy atom. The maximum absolute atomic E-state index is 14.2. The molecule has 3 aromatic rings. The standard InChI is InChI=1S/C13H12BrFN6/c14-8-5-9-11(10(15)6-8)19-13(20-3-1-16-2-4-20)21-12(9)17-7-18-21/h5-7,16H,1-4H2. The van der Waals surface area contributed by atoms with E-state index < -0.39 is 0 Å². The average molecular weight is 351 g/mol. The van der Waals surface area contributed by atoms with Gasteiger partial charge in [0.05, 0.1) is 0 Å². The third-order valence-corrected chi connectivity index (χ3v) is 4.08. The molecule has 6 nitrogen and oxygen atoms in total. The van der Waals surface area contributed by atoms with Crippen LogP contribution < -0.4 is 10.2 Å². The third-order valence-electron chi connectivity index (χ3n) is 3.62. The van der Waals surface area contributed by atoms with Gasteiger partial charge in [0.25, 0.3) is 0 Å². The minimum absolute atomic E-state index is 0.326. The lowest BCUT2D eigenvalue weighted by Gasteiger charge is -2.28. The molecule has 0 atom stereocenters. The highest BCUT2D eigenvalue weighted by Crippen LogP contribution is 2.27. The summed E-state index contributed by atoms with van der Waals surface area (Å²) in [6.45, 7) is 3.37. The number of anilines is 1. The number of benzene rings is 1. The highest BCUT2D eigenvalue weighted by atomic mass is 79.9. The van der Waals surface area contributed by atoms with Gasteiger partial charge in [0.1, 0.15) is 11.8 Å². The Bertz CT molecular complexity index is 826. The van der Waals surface area contributed by atoms with E-state index in [9.17, 15) is 4.39 Å². The van der Waals surface area contributed by atoms with Crippen molar-refractivity contribution >= 4 is 38.4 Å². The van der Waals surface area contributed by atoms with Gasteiger partial charge in [-0.1, -0.05) is 15.9 Å². The maximum atomic E-state index is 14.2. The summed E-state index contributed by atoms with van der Waals surface area (Å²) in [4.78, 5) is 10.9. The Morgan fingerprint density at radius 1 is 1.24 bits per heavy atom. The molecular weight excluding hydrogens is 339 g/mol. The molecule has 1 aromatic carbocycles. The van der Waals surface area contributed by atoms with E-state index in [4.69, 9.17) is 0 Å². The van der Waals surface area contributed by atoms with E-state index in [0.29, 0.717) is 27.0 Å². The van der Waals surface area contributed by atoms with Crippen LogP contribution in [0.1, 0.15) is 0 Å². The van der Waals surface area contributed by atoms with Gasteiger partial charge in [0, 0.05) is 36.0 Å². The van der Waals surface area contributed by atoms with Gasteiger partial charge in [0.15, 0.2) is 11.5 Å². The molecule has 0 radical (unpaired) electrons. The largest absolute Gasteiger partial charge is 0.338 e. The van der Waals surface area contributed by atoms with E-state index in [0.717, 1.165) is 26.2 Å². The van der Waals surface area contributed by atoms with Crippen LogP contribution in [0, 0.1) is 5.82 Å². The Kier molecular flexibility index (Phi) is 3.00. The topological polar surface area (TPSA) is 58.4 Å². The fourth-order valence-corrected chi connectivity index (χ4v) is 3.07. The minimum Gasteiger partial charge on any atom is -0.338 e. The van der Waals surface area contributed by atoms with Crippen molar-refractivity contribution in [1.29, 1.82) is 0 Å².